The number of phenolic OH excluding ortho intramolecular Hbond substituents is 1. The summed E-state index contributed by atoms with van der Waals surface area (Å²) in [7, 11) is 0. The fourth-order valence-corrected chi connectivity index (χ4v) is 5.52. The van der Waals surface area contributed by atoms with Gasteiger partial charge in [-0.05, 0) is 44.5 Å². The second-order valence-corrected chi connectivity index (χ2v) is 10.3. The molecule has 0 aliphatic carbocycles. The summed E-state index contributed by atoms with van der Waals surface area (Å²) in [6.07, 6.45) is 1.66. The van der Waals surface area contributed by atoms with E-state index in [1.54, 1.807) is 49.6 Å². The Kier molecular flexibility index (Phi) is 9.89. The number of rotatable bonds is 11. The Balaban J connectivity index is 1.83. The number of allylic oxidation sites excluding steroid dienone is 1. The summed E-state index contributed by atoms with van der Waals surface area (Å²) in [6, 6.07) is 4.97. The Bertz CT molecular complexity index is 1340. The minimum atomic E-state index is -0.640. The van der Waals surface area contributed by atoms with Gasteiger partial charge in [0.05, 0.1) is 30.1 Å². The molecule has 37 heavy (non-hydrogen) atoms. The number of nitrogens with zero attached hydrogens (tertiary/aromatic N) is 3. The SMILES string of the molecule is C=CCn1c(SCC(=O)Nc2sc(C(=O)OCC)c(C)c2C(=O)OCC)nnc1-c1cc(Br)ccc1O. The number of thiophene rings is 1. The summed E-state index contributed by atoms with van der Waals surface area (Å²) in [5.41, 5.74) is 0.976. The second-order valence-electron chi connectivity index (χ2n) is 7.41. The summed E-state index contributed by atoms with van der Waals surface area (Å²) in [5, 5.41) is 22.0. The number of carbonyl (C=O) groups is 3. The molecule has 0 radical (unpaired) electrons. The number of halogens is 1. The lowest BCUT2D eigenvalue weighted by Gasteiger charge is -2.10. The van der Waals surface area contributed by atoms with Gasteiger partial charge in [0.15, 0.2) is 11.0 Å². The van der Waals surface area contributed by atoms with Crippen molar-refractivity contribution < 1.29 is 29.0 Å². The quantitative estimate of drug-likeness (QED) is 0.174. The predicted octanol–water partition coefficient (Wildman–Crippen LogP) is 5.05. The molecule has 3 aromatic rings. The van der Waals surface area contributed by atoms with Gasteiger partial charge >= 0.3 is 11.9 Å². The molecule has 0 saturated carbocycles. The standard InChI is InChI=1S/C24H25BrN4O6S2/c1-5-10-29-20(15-11-14(25)8-9-16(15)30)27-28-24(29)36-12-17(31)26-21-18(22(32)34-6-2)13(4)19(37-21)23(33)35-7-3/h5,8-9,11,30H,1,6-7,10,12H2,2-4H3,(H,26,31). The Morgan fingerprint density at radius 3 is 2.59 bits per heavy atom. The van der Waals surface area contributed by atoms with Crippen molar-refractivity contribution in [2.24, 2.45) is 0 Å². The maximum atomic E-state index is 12.9. The summed E-state index contributed by atoms with van der Waals surface area (Å²) in [4.78, 5) is 38.0. The van der Waals surface area contributed by atoms with Gasteiger partial charge in [0.1, 0.15) is 15.6 Å². The third-order valence-corrected chi connectivity index (χ3v) is 7.55. The van der Waals surface area contributed by atoms with Crippen molar-refractivity contribution in [3.05, 3.63) is 51.3 Å². The molecule has 1 amide bonds. The van der Waals surface area contributed by atoms with Gasteiger partial charge in [-0.25, -0.2) is 9.59 Å². The smallest absolute Gasteiger partial charge is 0.348 e. The molecule has 3 rings (SSSR count). The van der Waals surface area contributed by atoms with E-state index in [0.29, 0.717) is 28.7 Å². The number of hydrogen-bond acceptors (Lipinski definition) is 10. The van der Waals surface area contributed by atoms with Crippen LogP contribution in [0.1, 0.15) is 39.4 Å². The molecule has 13 heteroatoms. The Labute approximate surface area is 230 Å². The maximum Gasteiger partial charge on any atom is 0.348 e. The number of carbonyl (C=O) groups excluding carboxylic acids is 3. The molecular formula is C24H25BrN4O6S2. The second kappa shape index (κ2) is 12.9. The van der Waals surface area contributed by atoms with Crippen molar-refractivity contribution >= 4 is 61.9 Å². The topological polar surface area (TPSA) is 133 Å². The zero-order valence-electron chi connectivity index (χ0n) is 20.4. The monoisotopic (exact) mass is 608 g/mol. The normalized spacial score (nSPS) is 10.7. The number of nitrogens with one attached hydrogen (secondary N) is 1. The third-order valence-electron chi connectivity index (χ3n) is 4.90. The molecule has 196 valence electrons. The summed E-state index contributed by atoms with van der Waals surface area (Å²) in [6.45, 7) is 9.38. The number of anilines is 1. The first-order valence-electron chi connectivity index (χ1n) is 11.1. The molecule has 0 unspecified atom stereocenters. The number of thioether (sulfide) groups is 1. The van der Waals surface area contributed by atoms with Crippen LogP contribution in [0, 0.1) is 6.92 Å². The van der Waals surface area contributed by atoms with Crippen molar-refractivity contribution in [3.63, 3.8) is 0 Å². The molecule has 2 heterocycles. The van der Waals surface area contributed by atoms with Gasteiger partial charge < -0.3 is 19.9 Å². The molecule has 0 saturated heterocycles. The van der Waals surface area contributed by atoms with Crippen molar-refractivity contribution in [3.8, 4) is 17.1 Å². The van der Waals surface area contributed by atoms with Crippen LogP contribution in [0.15, 0.2) is 40.5 Å². The van der Waals surface area contributed by atoms with Gasteiger partial charge in [-0.15, -0.1) is 28.1 Å². The first-order chi connectivity index (χ1) is 17.7. The molecule has 0 fully saturated rings. The van der Waals surface area contributed by atoms with Gasteiger partial charge in [-0.2, -0.15) is 0 Å². The van der Waals surface area contributed by atoms with Crippen molar-refractivity contribution in [1.82, 2.24) is 14.8 Å². The van der Waals surface area contributed by atoms with E-state index < -0.39 is 17.8 Å². The number of amides is 1. The lowest BCUT2D eigenvalue weighted by Crippen LogP contribution is -2.17. The average molecular weight is 610 g/mol. The molecule has 2 aromatic heterocycles. The zero-order chi connectivity index (χ0) is 27.1. The van der Waals surface area contributed by atoms with Gasteiger partial charge in [-0.3, -0.25) is 9.36 Å². The molecule has 0 aliphatic heterocycles. The van der Waals surface area contributed by atoms with Crippen LogP contribution in [0.25, 0.3) is 11.4 Å². The lowest BCUT2D eigenvalue weighted by molar-refractivity contribution is -0.113. The van der Waals surface area contributed by atoms with E-state index in [2.05, 4.69) is 38.0 Å². The Morgan fingerprint density at radius 2 is 1.92 bits per heavy atom. The van der Waals surface area contributed by atoms with E-state index in [4.69, 9.17) is 9.47 Å². The highest BCUT2D eigenvalue weighted by molar-refractivity contribution is 9.10. The van der Waals surface area contributed by atoms with Crippen molar-refractivity contribution in [2.75, 3.05) is 24.3 Å². The lowest BCUT2D eigenvalue weighted by atomic mass is 10.1. The van der Waals surface area contributed by atoms with E-state index >= 15 is 0 Å². The van der Waals surface area contributed by atoms with Crippen LogP contribution in [0.3, 0.4) is 0 Å². The van der Waals surface area contributed by atoms with Crippen LogP contribution in [-0.4, -0.2) is 56.7 Å². The van der Waals surface area contributed by atoms with E-state index in [9.17, 15) is 19.5 Å². The van der Waals surface area contributed by atoms with Crippen molar-refractivity contribution in [1.29, 1.82) is 0 Å². The largest absolute Gasteiger partial charge is 0.507 e. The number of esters is 2. The predicted molar refractivity (Wildman–Crippen MR) is 145 cm³/mol. The number of aromatic nitrogens is 3. The highest BCUT2D eigenvalue weighted by Gasteiger charge is 2.27. The van der Waals surface area contributed by atoms with Gasteiger partial charge in [-0.1, -0.05) is 33.8 Å². The fraction of sp³-hybridized carbons (Fsp3) is 0.292. The fourth-order valence-electron chi connectivity index (χ4n) is 3.31. The average Bonchev–Trinajstić information content (AvgIpc) is 3.40. The van der Waals surface area contributed by atoms with Gasteiger partial charge in [0.25, 0.3) is 0 Å². The molecule has 0 aliphatic rings. The molecular weight excluding hydrogens is 584 g/mol. The van der Waals surface area contributed by atoms with Crippen molar-refractivity contribution in [2.45, 2.75) is 32.5 Å². The van der Waals surface area contributed by atoms with Crippen LogP contribution < -0.4 is 5.32 Å². The Hall–Kier alpha value is -3.16. The number of phenols is 1. The van der Waals surface area contributed by atoms with Crippen LogP contribution >= 0.6 is 39.0 Å². The summed E-state index contributed by atoms with van der Waals surface area (Å²) < 4.78 is 12.7. The molecule has 0 spiro atoms. The number of hydrogen-bond donors (Lipinski definition) is 2. The van der Waals surface area contributed by atoms with E-state index in [1.807, 2.05) is 0 Å². The molecule has 0 bridgehead atoms. The third kappa shape index (κ3) is 6.59. The highest BCUT2D eigenvalue weighted by atomic mass is 79.9. The number of ether oxygens (including phenoxy) is 2. The molecule has 10 nitrogen and oxygen atoms in total. The van der Waals surface area contributed by atoms with E-state index in [-0.39, 0.29) is 40.2 Å². The van der Waals surface area contributed by atoms with E-state index in [1.165, 1.54) is 0 Å². The van der Waals surface area contributed by atoms with Gasteiger partial charge in [0, 0.05) is 11.0 Å². The maximum absolute atomic E-state index is 12.9. The summed E-state index contributed by atoms with van der Waals surface area (Å²) >= 11 is 5.47. The zero-order valence-corrected chi connectivity index (χ0v) is 23.6. The van der Waals surface area contributed by atoms with Gasteiger partial charge in [0.2, 0.25) is 5.91 Å². The Morgan fingerprint density at radius 1 is 1.22 bits per heavy atom. The van der Waals surface area contributed by atoms with Crippen LogP contribution in [0.5, 0.6) is 5.75 Å². The molecule has 1 aromatic carbocycles. The molecule has 2 N–H and O–H groups in total. The number of benzene rings is 1. The first kappa shape index (κ1) is 28.4. The minimum absolute atomic E-state index is 0.0344. The first-order valence-corrected chi connectivity index (χ1v) is 13.7. The van der Waals surface area contributed by atoms with Crippen LogP contribution in [0.4, 0.5) is 5.00 Å². The minimum Gasteiger partial charge on any atom is -0.507 e. The number of aromatic hydroxyl groups is 1. The molecule has 0 atom stereocenters. The van der Waals surface area contributed by atoms with E-state index in [0.717, 1.165) is 27.6 Å². The highest BCUT2D eigenvalue weighted by Crippen LogP contribution is 2.35. The summed E-state index contributed by atoms with van der Waals surface area (Å²) in [5.74, 6) is -1.25. The van der Waals surface area contributed by atoms with Crippen LogP contribution in [0.2, 0.25) is 0 Å². The van der Waals surface area contributed by atoms with Crippen LogP contribution in [-0.2, 0) is 20.8 Å².